The molecule has 0 saturated carbocycles. The summed E-state index contributed by atoms with van der Waals surface area (Å²) < 4.78 is 0. The van der Waals surface area contributed by atoms with Crippen LogP contribution in [0.25, 0.3) is 0 Å². The Balaban J connectivity index is 3.11. The Kier molecular flexibility index (Phi) is 4.37. The average molecular weight is 233 g/mol. The molecule has 0 radical (unpaired) electrons. The molecule has 0 aromatic heterocycles. The summed E-state index contributed by atoms with van der Waals surface area (Å²) in [6, 6.07) is 5.24. The molecule has 0 fully saturated rings. The first kappa shape index (κ1) is 14.2. The minimum atomic E-state index is 0.239. The zero-order valence-electron chi connectivity index (χ0n) is 12.4. The Morgan fingerprint density at radius 2 is 1.59 bits per heavy atom. The van der Waals surface area contributed by atoms with Gasteiger partial charge in [0.1, 0.15) is 0 Å². The number of hydrogen-bond donors (Lipinski definition) is 1. The standard InChI is InChI=1S/C16H27N/c1-11-8-14(16(4,5)6)9-12(2)15(11)10-13(3)17-7/h8-9,13,17H,10H2,1-7H3. The predicted molar refractivity (Wildman–Crippen MR) is 76.8 cm³/mol. The van der Waals surface area contributed by atoms with Crippen molar-refractivity contribution >= 4 is 0 Å². The maximum Gasteiger partial charge on any atom is 0.00763 e. The Morgan fingerprint density at radius 1 is 1.12 bits per heavy atom. The Morgan fingerprint density at radius 3 is 1.94 bits per heavy atom. The topological polar surface area (TPSA) is 12.0 Å². The molecule has 1 heteroatoms. The van der Waals surface area contributed by atoms with E-state index in [0.29, 0.717) is 6.04 Å². The predicted octanol–water partition coefficient (Wildman–Crippen LogP) is 3.75. The van der Waals surface area contributed by atoms with Gasteiger partial charge >= 0.3 is 0 Å². The molecule has 1 nitrogen and oxygen atoms in total. The lowest BCUT2D eigenvalue weighted by Gasteiger charge is -2.23. The molecule has 1 unspecified atom stereocenters. The van der Waals surface area contributed by atoms with Crippen LogP contribution in [-0.4, -0.2) is 13.1 Å². The molecule has 0 heterocycles. The van der Waals surface area contributed by atoms with E-state index < -0.39 is 0 Å². The summed E-state index contributed by atoms with van der Waals surface area (Å²) in [6.45, 7) is 13.5. The largest absolute Gasteiger partial charge is 0.317 e. The lowest BCUT2D eigenvalue weighted by atomic mass is 9.83. The van der Waals surface area contributed by atoms with E-state index in [1.165, 1.54) is 22.3 Å². The normalized spacial score (nSPS) is 13.8. The number of rotatable bonds is 3. The van der Waals surface area contributed by atoms with Gasteiger partial charge in [0.15, 0.2) is 0 Å². The van der Waals surface area contributed by atoms with Crippen molar-refractivity contribution < 1.29 is 0 Å². The fourth-order valence-electron chi connectivity index (χ4n) is 2.16. The molecule has 0 bridgehead atoms. The molecule has 1 N–H and O–H groups in total. The van der Waals surface area contributed by atoms with Crippen molar-refractivity contribution in [2.45, 2.75) is 59.4 Å². The third-order valence-corrected chi connectivity index (χ3v) is 3.57. The maximum atomic E-state index is 3.31. The van der Waals surface area contributed by atoms with Gasteiger partial charge < -0.3 is 5.32 Å². The smallest absolute Gasteiger partial charge is 0.00763 e. The molecule has 1 rings (SSSR count). The van der Waals surface area contributed by atoms with Crippen molar-refractivity contribution in [2.75, 3.05) is 7.05 Å². The van der Waals surface area contributed by atoms with Crippen LogP contribution in [-0.2, 0) is 11.8 Å². The Labute approximate surface area is 107 Å². The SMILES string of the molecule is CNC(C)Cc1c(C)cc(C(C)(C)C)cc1C. The van der Waals surface area contributed by atoms with Crippen molar-refractivity contribution in [3.8, 4) is 0 Å². The first-order valence-corrected chi connectivity index (χ1v) is 6.53. The third-order valence-electron chi connectivity index (χ3n) is 3.57. The van der Waals surface area contributed by atoms with E-state index in [1.54, 1.807) is 0 Å². The van der Waals surface area contributed by atoms with Crippen LogP contribution in [0.2, 0.25) is 0 Å². The summed E-state index contributed by atoms with van der Waals surface area (Å²) in [6.07, 6.45) is 1.11. The summed E-state index contributed by atoms with van der Waals surface area (Å²) in [7, 11) is 2.03. The van der Waals surface area contributed by atoms with Gasteiger partial charge in [0.2, 0.25) is 0 Å². The van der Waals surface area contributed by atoms with Gasteiger partial charge in [-0.2, -0.15) is 0 Å². The average Bonchev–Trinajstić information content (AvgIpc) is 2.21. The summed E-state index contributed by atoms with van der Waals surface area (Å²) >= 11 is 0. The molecule has 1 atom stereocenters. The van der Waals surface area contributed by atoms with E-state index in [2.05, 4.69) is 59.0 Å². The van der Waals surface area contributed by atoms with Crippen LogP contribution in [0.4, 0.5) is 0 Å². The lowest BCUT2D eigenvalue weighted by Crippen LogP contribution is -2.24. The third kappa shape index (κ3) is 3.57. The number of nitrogens with one attached hydrogen (secondary N) is 1. The number of benzene rings is 1. The van der Waals surface area contributed by atoms with Gasteiger partial charge in [0.05, 0.1) is 0 Å². The second kappa shape index (κ2) is 5.22. The quantitative estimate of drug-likeness (QED) is 0.838. The zero-order valence-corrected chi connectivity index (χ0v) is 12.4. The van der Waals surface area contributed by atoms with Gasteiger partial charge in [0, 0.05) is 6.04 Å². The molecular weight excluding hydrogens is 206 g/mol. The van der Waals surface area contributed by atoms with Gasteiger partial charge in [-0.1, -0.05) is 32.9 Å². The van der Waals surface area contributed by atoms with Crippen molar-refractivity contribution in [1.29, 1.82) is 0 Å². The summed E-state index contributed by atoms with van der Waals surface area (Å²) in [5, 5.41) is 3.31. The Hall–Kier alpha value is -0.820. The van der Waals surface area contributed by atoms with Crippen molar-refractivity contribution in [3.05, 3.63) is 34.4 Å². The van der Waals surface area contributed by atoms with Crippen LogP contribution < -0.4 is 5.32 Å². The van der Waals surface area contributed by atoms with Crippen LogP contribution in [0.3, 0.4) is 0 Å². The second-order valence-corrected chi connectivity index (χ2v) is 6.23. The van der Waals surface area contributed by atoms with Crippen LogP contribution in [0.15, 0.2) is 12.1 Å². The number of hydrogen-bond acceptors (Lipinski definition) is 1. The van der Waals surface area contributed by atoms with Gasteiger partial charge in [-0.05, 0) is 61.9 Å². The zero-order chi connectivity index (χ0) is 13.2. The van der Waals surface area contributed by atoms with Crippen LogP contribution in [0.1, 0.15) is 49.9 Å². The van der Waals surface area contributed by atoms with E-state index in [1.807, 2.05) is 7.05 Å². The summed E-state index contributed by atoms with van der Waals surface area (Å²) in [5.41, 5.74) is 6.03. The van der Waals surface area contributed by atoms with Crippen molar-refractivity contribution in [3.63, 3.8) is 0 Å². The second-order valence-electron chi connectivity index (χ2n) is 6.23. The highest BCUT2D eigenvalue weighted by Gasteiger charge is 2.16. The molecule has 1 aromatic rings. The summed E-state index contributed by atoms with van der Waals surface area (Å²) in [4.78, 5) is 0. The maximum absolute atomic E-state index is 3.31. The van der Waals surface area contributed by atoms with Gasteiger partial charge in [-0.3, -0.25) is 0 Å². The molecule has 0 spiro atoms. The van der Waals surface area contributed by atoms with Crippen molar-refractivity contribution in [2.24, 2.45) is 0 Å². The van der Waals surface area contributed by atoms with E-state index >= 15 is 0 Å². The summed E-state index contributed by atoms with van der Waals surface area (Å²) in [5.74, 6) is 0. The molecule has 0 amide bonds. The number of likely N-dealkylation sites (N-methyl/N-ethyl adjacent to an activating group) is 1. The highest BCUT2D eigenvalue weighted by molar-refractivity contribution is 5.40. The van der Waals surface area contributed by atoms with Crippen LogP contribution >= 0.6 is 0 Å². The van der Waals surface area contributed by atoms with Crippen LogP contribution in [0, 0.1) is 13.8 Å². The minimum Gasteiger partial charge on any atom is -0.317 e. The highest BCUT2D eigenvalue weighted by Crippen LogP contribution is 2.27. The van der Waals surface area contributed by atoms with E-state index in [0.717, 1.165) is 6.42 Å². The van der Waals surface area contributed by atoms with Gasteiger partial charge in [-0.15, -0.1) is 0 Å². The van der Waals surface area contributed by atoms with E-state index in [-0.39, 0.29) is 5.41 Å². The fourth-order valence-corrected chi connectivity index (χ4v) is 2.16. The Bertz CT molecular complexity index is 362. The molecule has 17 heavy (non-hydrogen) atoms. The monoisotopic (exact) mass is 233 g/mol. The van der Waals surface area contributed by atoms with E-state index in [9.17, 15) is 0 Å². The fraction of sp³-hybridized carbons (Fsp3) is 0.625. The first-order chi connectivity index (χ1) is 7.75. The molecule has 96 valence electrons. The molecule has 1 aromatic carbocycles. The molecular formula is C16H27N. The molecule has 0 saturated heterocycles. The lowest BCUT2D eigenvalue weighted by molar-refractivity contribution is 0.585. The first-order valence-electron chi connectivity index (χ1n) is 6.53. The van der Waals surface area contributed by atoms with E-state index in [4.69, 9.17) is 0 Å². The van der Waals surface area contributed by atoms with Gasteiger partial charge in [-0.25, -0.2) is 0 Å². The van der Waals surface area contributed by atoms with Gasteiger partial charge in [0.25, 0.3) is 0 Å². The van der Waals surface area contributed by atoms with Crippen molar-refractivity contribution in [1.82, 2.24) is 5.32 Å². The molecule has 0 aliphatic rings. The highest BCUT2D eigenvalue weighted by atomic mass is 14.8. The molecule has 0 aliphatic heterocycles. The number of aryl methyl sites for hydroxylation is 2. The minimum absolute atomic E-state index is 0.239. The van der Waals surface area contributed by atoms with Crippen LogP contribution in [0.5, 0.6) is 0 Å². The molecule has 0 aliphatic carbocycles.